The summed E-state index contributed by atoms with van der Waals surface area (Å²) >= 11 is 0. The van der Waals surface area contributed by atoms with Gasteiger partial charge in [0.15, 0.2) is 11.5 Å². The van der Waals surface area contributed by atoms with E-state index in [1.54, 1.807) is 35.4 Å². The largest absolute Gasteiger partial charge is 0.358 e. The van der Waals surface area contributed by atoms with Crippen LogP contribution in [0.3, 0.4) is 0 Å². The van der Waals surface area contributed by atoms with Crippen molar-refractivity contribution in [1.29, 1.82) is 0 Å². The number of nitrogens with zero attached hydrogens (tertiary/aromatic N) is 7. The van der Waals surface area contributed by atoms with Gasteiger partial charge in [-0.25, -0.2) is 34.3 Å². The maximum absolute atomic E-state index is 13.9. The fourth-order valence-electron chi connectivity index (χ4n) is 3.12. The van der Waals surface area contributed by atoms with Gasteiger partial charge in [0.25, 0.3) is 0 Å². The lowest BCUT2D eigenvalue weighted by molar-refractivity contribution is 0.629. The summed E-state index contributed by atoms with van der Waals surface area (Å²) in [6.45, 7) is 1.93. The van der Waals surface area contributed by atoms with Crippen LogP contribution in [0.1, 0.15) is 18.8 Å². The summed E-state index contributed by atoms with van der Waals surface area (Å²) < 4.78 is 15.6. The van der Waals surface area contributed by atoms with Crippen molar-refractivity contribution in [2.24, 2.45) is 0 Å². The number of hydrogen-bond donors (Lipinski definition) is 2. The lowest BCUT2D eigenvalue weighted by Crippen LogP contribution is -2.15. The molecule has 5 rings (SSSR count). The van der Waals surface area contributed by atoms with Crippen molar-refractivity contribution in [2.75, 3.05) is 5.32 Å². The molecular formula is C18H14FN9. The number of fused-ring (bicyclic) bond motifs is 2. The molecule has 1 atom stereocenters. The van der Waals surface area contributed by atoms with E-state index in [1.807, 2.05) is 6.92 Å². The highest BCUT2D eigenvalue weighted by Crippen LogP contribution is 2.27. The molecule has 0 fully saturated rings. The average molecular weight is 375 g/mol. The molecule has 4 aromatic heterocycles. The van der Waals surface area contributed by atoms with E-state index >= 15 is 0 Å². The first-order valence-electron chi connectivity index (χ1n) is 8.56. The lowest BCUT2D eigenvalue weighted by Gasteiger charge is -2.16. The van der Waals surface area contributed by atoms with Crippen molar-refractivity contribution in [1.82, 2.24) is 39.5 Å². The zero-order valence-corrected chi connectivity index (χ0v) is 14.7. The van der Waals surface area contributed by atoms with E-state index < -0.39 is 0 Å². The number of rotatable bonds is 4. The number of halogens is 1. The van der Waals surface area contributed by atoms with Crippen LogP contribution in [-0.4, -0.2) is 39.5 Å². The monoisotopic (exact) mass is 375 g/mol. The van der Waals surface area contributed by atoms with E-state index in [4.69, 9.17) is 0 Å². The van der Waals surface area contributed by atoms with Crippen LogP contribution in [0, 0.1) is 5.82 Å². The number of benzene rings is 1. The quantitative estimate of drug-likeness (QED) is 0.497. The topological polar surface area (TPSA) is 110 Å². The Balaban J connectivity index is 1.64. The number of aromatic nitrogens is 8. The van der Waals surface area contributed by atoms with Crippen molar-refractivity contribution >= 4 is 28.0 Å². The predicted octanol–water partition coefficient (Wildman–Crippen LogP) is 2.79. The SMILES string of the molecule is C[C@H](Nc1ncnc2nc[nH]c12)c1nc2ccc(F)cc2n1-c1ncccn1. The molecule has 0 bridgehead atoms. The van der Waals surface area contributed by atoms with E-state index in [9.17, 15) is 4.39 Å². The van der Waals surface area contributed by atoms with Crippen LogP contribution >= 0.6 is 0 Å². The fourth-order valence-corrected chi connectivity index (χ4v) is 3.12. The van der Waals surface area contributed by atoms with Gasteiger partial charge in [0, 0.05) is 18.5 Å². The fraction of sp³-hybridized carbons (Fsp3) is 0.111. The number of nitrogens with one attached hydrogen (secondary N) is 2. The van der Waals surface area contributed by atoms with Gasteiger partial charge >= 0.3 is 0 Å². The average Bonchev–Trinajstić information content (AvgIpc) is 3.33. The minimum atomic E-state index is -0.355. The molecule has 2 N–H and O–H groups in total. The van der Waals surface area contributed by atoms with Crippen LogP contribution in [0.2, 0.25) is 0 Å². The Kier molecular flexibility index (Phi) is 3.68. The minimum Gasteiger partial charge on any atom is -0.358 e. The third-order valence-electron chi connectivity index (χ3n) is 4.36. The molecule has 0 aliphatic carbocycles. The van der Waals surface area contributed by atoms with Crippen LogP contribution in [-0.2, 0) is 0 Å². The normalized spacial score (nSPS) is 12.5. The standard InChI is InChI=1S/C18H14FN9/c1-10(26-16-14-15(23-8-22-14)24-9-25-16)17-27-12-4-3-11(19)7-13(12)28(17)18-20-5-2-6-21-18/h2-10H,1H3,(H2,22,23,24,25,26)/t10-/m0/s1. The number of imidazole rings is 2. The van der Waals surface area contributed by atoms with Crippen LogP contribution < -0.4 is 5.32 Å². The molecule has 0 aliphatic rings. The zero-order chi connectivity index (χ0) is 19.1. The van der Waals surface area contributed by atoms with Gasteiger partial charge in [-0.1, -0.05) is 0 Å². The van der Waals surface area contributed by atoms with Gasteiger partial charge in [0.05, 0.1) is 23.4 Å². The van der Waals surface area contributed by atoms with Gasteiger partial charge in [-0.05, 0) is 25.1 Å². The first-order chi connectivity index (χ1) is 13.7. The maximum atomic E-state index is 13.9. The molecule has 28 heavy (non-hydrogen) atoms. The molecule has 10 heteroatoms. The second kappa shape index (κ2) is 6.34. The van der Waals surface area contributed by atoms with Crippen molar-refractivity contribution in [3.63, 3.8) is 0 Å². The van der Waals surface area contributed by atoms with Crippen LogP contribution in [0.15, 0.2) is 49.3 Å². The van der Waals surface area contributed by atoms with Crippen molar-refractivity contribution in [3.05, 3.63) is 61.0 Å². The Morgan fingerprint density at radius 1 is 1.11 bits per heavy atom. The van der Waals surface area contributed by atoms with E-state index in [-0.39, 0.29) is 11.9 Å². The Bertz CT molecular complexity index is 1280. The molecule has 0 aliphatic heterocycles. The summed E-state index contributed by atoms with van der Waals surface area (Å²) in [6, 6.07) is 5.87. The van der Waals surface area contributed by atoms with Crippen molar-refractivity contribution < 1.29 is 4.39 Å². The van der Waals surface area contributed by atoms with E-state index in [2.05, 4.69) is 40.2 Å². The number of aromatic amines is 1. The first-order valence-corrected chi connectivity index (χ1v) is 8.56. The Morgan fingerprint density at radius 3 is 2.82 bits per heavy atom. The molecule has 0 radical (unpaired) electrons. The molecular weight excluding hydrogens is 361 g/mol. The van der Waals surface area contributed by atoms with Gasteiger partial charge in [-0.15, -0.1) is 0 Å². The molecule has 5 aromatic rings. The number of hydrogen-bond acceptors (Lipinski definition) is 7. The summed E-state index contributed by atoms with van der Waals surface area (Å²) in [7, 11) is 0. The number of H-pyrrole nitrogens is 1. The minimum absolute atomic E-state index is 0.291. The van der Waals surface area contributed by atoms with Gasteiger partial charge in [-0.3, -0.25) is 4.57 Å². The van der Waals surface area contributed by atoms with Crippen molar-refractivity contribution in [3.8, 4) is 5.95 Å². The maximum Gasteiger partial charge on any atom is 0.235 e. The van der Waals surface area contributed by atoms with Crippen LogP contribution in [0.25, 0.3) is 28.1 Å². The Morgan fingerprint density at radius 2 is 1.96 bits per heavy atom. The lowest BCUT2D eigenvalue weighted by atomic mass is 10.3. The molecule has 1 aromatic carbocycles. The molecule has 9 nitrogen and oxygen atoms in total. The van der Waals surface area contributed by atoms with E-state index in [1.165, 1.54) is 18.5 Å². The molecule has 0 amide bonds. The Labute approximate surface area is 157 Å². The van der Waals surface area contributed by atoms with Gasteiger partial charge in [0.2, 0.25) is 5.95 Å². The summed E-state index contributed by atoms with van der Waals surface area (Å²) in [5, 5.41) is 3.32. The Hall–Kier alpha value is -3.95. The van der Waals surface area contributed by atoms with Gasteiger partial charge < -0.3 is 10.3 Å². The van der Waals surface area contributed by atoms with Crippen molar-refractivity contribution in [2.45, 2.75) is 13.0 Å². The predicted molar refractivity (Wildman–Crippen MR) is 100 cm³/mol. The molecule has 4 heterocycles. The zero-order valence-electron chi connectivity index (χ0n) is 14.7. The second-order valence-corrected chi connectivity index (χ2v) is 6.18. The highest BCUT2D eigenvalue weighted by atomic mass is 19.1. The molecule has 0 saturated heterocycles. The summed E-state index contributed by atoms with van der Waals surface area (Å²) in [4.78, 5) is 28.9. The highest BCUT2D eigenvalue weighted by molar-refractivity contribution is 5.82. The highest BCUT2D eigenvalue weighted by Gasteiger charge is 2.21. The number of anilines is 1. The third kappa shape index (κ3) is 2.62. The van der Waals surface area contributed by atoms with E-state index in [0.29, 0.717) is 39.8 Å². The van der Waals surface area contributed by atoms with Gasteiger partial charge in [0.1, 0.15) is 23.5 Å². The molecule has 138 valence electrons. The first kappa shape index (κ1) is 16.2. The van der Waals surface area contributed by atoms with Crippen LogP contribution in [0.4, 0.5) is 10.2 Å². The summed E-state index contributed by atoms with van der Waals surface area (Å²) in [5.74, 6) is 1.27. The van der Waals surface area contributed by atoms with Gasteiger partial charge in [-0.2, -0.15) is 0 Å². The summed E-state index contributed by atoms with van der Waals surface area (Å²) in [6.07, 6.45) is 6.27. The van der Waals surface area contributed by atoms with Crippen LogP contribution in [0.5, 0.6) is 0 Å². The second-order valence-electron chi connectivity index (χ2n) is 6.18. The molecule has 0 spiro atoms. The molecule has 0 saturated carbocycles. The molecule has 0 unspecified atom stereocenters. The third-order valence-corrected chi connectivity index (χ3v) is 4.36. The summed E-state index contributed by atoms with van der Waals surface area (Å²) in [5.41, 5.74) is 2.49. The smallest absolute Gasteiger partial charge is 0.235 e. The van der Waals surface area contributed by atoms with E-state index in [0.717, 1.165) is 0 Å².